The lowest BCUT2D eigenvalue weighted by atomic mass is 9.91. The van der Waals surface area contributed by atoms with Crippen molar-refractivity contribution in [3.63, 3.8) is 0 Å². The van der Waals surface area contributed by atoms with Crippen LogP contribution in [0.1, 0.15) is 32.6 Å². The quantitative estimate of drug-likeness (QED) is 0.648. The number of nitrogens with one attached hydrogen (secondary N) is 1. The third kappa shape index (κ3) is 2.49. The second-order valence-electron chi connectivity index (χ2n) is 4.79. The number of amides is 1. The number of piperazine rings is 1. The van der Waals surface area contributed by atoms with Crippen LogP contribution in [0.4, 0.5) is 0 Å². The number of hydrogen-bond acceptors (Lipinski definition) is 3. The van der Waals surface area contributed by atoms with E-state index in [1.54, 1.807) is 0 Å². The maximum Gasteiger partial charge on any atom is 0.236 e. The van der Waals surface area contributed by atoms with Gasteiger partial charge in [-0.05, 0) is 32.6 Å². The van der Waals surface area contributed by atoms with Gasteiger partial charge in [-0.1, -0.05) is 0 Å². The molecule has 2 rings (SSSR count). The van der Waals surface area contributed by atoms with Crippen LogP contribution in [0.15, 0.2) is 0 Å². The fourth-order valence-corrected chi connectivity index (χ4v) is 2.55. The Bertz CT molecular complexity index is 237. The van der Waals surface area contributed by atoms with Gasteiger partial charge >= 0.3 is 0 Å². The van der Waals surface area contributed by atoms with Crippen molar-refractivity contribution in [3.8, 4) is 0 Å². The van der Waals surface area contributed by atoms with Crippen molar-refractivity contribution in [1.29, 1.82) is 0 Å². The molecule has 1 aliphatic heterocycles. The molecule has 0 aromatic heterocycles. The third-order valence-corrected chi connectivity index (χ3v) is 3.50. The Morgan fingerprint density at radius 1 is 1.33 bits per heavy atom. The molecule has 1 unspecified atom stereocenters. The standard InChI is InChI=1S/C11H20N2O2/c1-8-7-13(11(15)6-12-8)9-2-4-10(14)5-3-9/h8-10,12,14H,2-7H2,1H3. The van der Waals surface area contributed by atoms with Crippen molar-refractivity contribution in [1.82, 2.24) is 10.2 Å². The molecular formula is C11H20N2O2. The maximum absolute atomic E-state index is 11.7. The van der Waals surface area contributed by atoms with Crippen molar-refractivity contribution < 1.29 is 9.90 Å². The van der Waals surface area contributed by atoms with Gasteiger partial charge in [-0.2, -0.15) is 0 Å². The molecule has 0 spiro atoms. The van der Waals surface area contributed by atoms with Gasteiger partial charge in [0.2, 0.25) is 5.91 Å². The number of carbonyl (C=O) groups is 1. The summed E-state index contributed by atoms with van der Waals surface area (Å²) in [6, 6.07) is 0.764. The Morgan fingerprint density at radius 3 is 2.67 bits per heavy atom. The molecule has 1 aliphatic carbocycles. The second-order valence-corrected chi connectivity index (χ2v) is 4.79. The van der Waals surface area contributed by atoms with E-state index in [4.69, 9.17) is 0 Å². The van der Waals surface area contributed by atoms with Gasteiger partial charge in [-0.15, -0.1) is 0 Å². The second kappa shape index (κ2) is 4.49. The van der Waals surface area contributed by atoms with Gasteiger partial charge in [0.25, 0.3) is 0 Å². The Morgan fingerprint density at radius 2 is 2.00 bits per heavy atom. The average Bonchev–Trinajstić information content (AvgIpc) is 2.23. The maximum atomic E-state index is 11.7. The zero-order valence-corrected chi connectivity index (χ0v) is 9.28. The first-order valence-corrected chi connectivity index (χ1v) is 5.87. The van der Waals surface area contributed by atoms with Crippen LogP contribution < -0.4 is 5.32 Å². The third-order valence-electron chi connectivity index (χ3n) is 3.50. The average molecular weight is 212 g/mol. The predicted octanol–water partition coefficient (Wildman–Crippen LogP) is 0.110. The Balaban J connectivity index is 1.93. The van der Waals surface area contributed by atoms with Crippen LogP contribution in [-0.4, -0.2) is 47.2 Å². The van der Waals surface area contributed by atoms with Crippen LogP contribution in [0.2, 0.25) is 0 Å². The van der Waals surface area contributed by atoms with E-state index in [0.717, 1.165) is 32.2 Å². The number of rotatable bonds is 1. The van der Waals surface area contributed by atoms with E-state index in [1.165, 1.54) is 0 Å². The Hall–Kier alpha value is -0.610. The van der Waals surface area contributed by atoms with Crippen molar-refractivity contribution in [2.24, 2.45) is 0 Å². The number of hydrogen-bond donors (Lipinski definition) is 2. The molecule has 2 fully saturated rings. The highest BCUT2D eigenvalue weighted by molar-refractivity contribution is 5.79. The first-order chi connectivity index (χ1) is 7.16. The highest BCUT2D eigenvalue weighted by atomic mass is 16.3. The molecule has 2 N–H and O–H groups in total. The molecule has 15 heavy (non-hydrogen) atoms. The molecule has 0 aromatic carbocycles. The van der Waals surface area contributed by atoms with Crippen LogP contribution in [0.5, 0.6) is 0 Å². The summed E-state index contributed by atoms with van der Waals surface area (Å²) >= 11 is 0. The minimum Gasteiger partial charge on any atom is -0.393 e. The zero-order chi connectivity index (χ0) is 10.8. The summed E-state index contributed by atoms with van der Waals surface area (Å²) in [4.78, 5) is 13.7. The number of nitrogens with zero attached hydrogens (tertiary/aromatic N) is 1. The highest BCUT2D eigenvalue weighted by Gasteiger charge is 2.31. The Kier molecular flexibility index (Phi) is 3.26. The molecule has 86 valence electrons. The van der Waals surface area contributed by atoms with Crippen molar-refractivity contribution in [2.45, 2.75) is 50.8 Å². The monoisotopic (exact) mass is 212 g/mol. The van der Waals surface area contributed by atoms with Crippen molar-refractivity contribution >= 4 is 5.91 Å². The lowest BCUT2D eigenvalue weighted by molar-refractivity contribution is -0.136. The Labute approximate surface area is 90.6 Å². The van der Waals surface area contributed by atoms with Crippen molar-refractivity contribution in [3.05, 3.63) is 0 Å². The first kappa shape index (κ1) is 10.9. The van der Waals surface area contributed by atoms with Crippen LogP contribution in [0, 0.1) is 0 Å². The molecule has 0 aromatic rings. The lowest BCUT2D eigenvalue weighted by Gasteiger charge is -2.40. The van der Waals surface area contributed by atoms with Gasteiger partial charge in [0, 0.05) is 18.6 Å². The van der Waals surface area contributed by atoms with Crippen LogP contribution in [0.25, 0.3) is 0 Å². The van der Waals surface area contributed by atoms with E-state index in [-0.39, 0.29) is 12.0 Å². The molecule has 1 amide bonds. The zero-order valence-electron chi connectivity index (χ0n) is 9.28. The van der Waals surface area contributed by atoms with Crippen LogP contribution in [-0.2, 0) is 4.79 Å². The van der Waals surface area contributed by atoms with E-state index < -0.39 is 0 Å². The molecule has 0 bridgehead atoms. The van der Waals surface area contributed by atoms with Gasteiger partial charge in [-0.25, -0.2) is 0 Å². The highest BCUT2D eigenvalue weighted by Crippen LogP contribution is 2.24. The predicted molar refractivity (Wildman–Crippen MR) is 57.4 cm³/mol. The molecule has 1 heterocycles. The van der Waals surface area contributed by atoms with E-state index in [0.29, 0.717) is 18.6 Å². The number of aliphatic hydroxyl groups is 1. The van der Waals surface area contributed by atoms with Crippen molar-refractivity contribution in [2.75, 3.05) is 13.1 Å². The lowest BCUT2D eigenvalue weighted by Crippen LogP contribution is -2.57. The molecule has 1 atom stereocenters. The van der Waals surface area contributed by atoms with E-state index in [1.807, 2.05) is 4.90 Å². The first-order valence-electron chi connectivity index (χ1n) is 5.87. The smallest absolute Gasteiger partial charge is 0.236 e. The summed E-state index contributed by atoms with van der Waals surface area (Å²) < 4.78 is 0. The summed E-state index contributed by atoms with van der Waals surface area (Å²) in [5, 5.41) is 12.6. The fourth-order valence-electron chi connectivity index (χ4n) is 2.55. The topological polar surface area (TPSA) is 52.6 Å². The van der Waals surface area contributed by atoms with Gasteiger partial charge in [0.1, 0.15) is 0 Å². The van der Waals surface area contributed by atoms with Gasteiger partial charge in [-0.3, -0.25) is 4.79 Å². The number of carbonyl (C=O) groups excluding carboxylic acids is 1. The van der Waals surface area contributed by atoms with E-state index in [2.05, 4.69) is 12.2 Å². The summed E-state index contributed by atoms with van der Waals surface area (Å²) in [5.74, 6) is 0.217. The van der Waals surface area contributed by atoms with Gasteiger partial charge < -0.3 is 15.3 Å². The molecular weight excluding hydrogens is 192 g/mol. The molecule has 0 radical (unpaired) electrons. The summed E-state index contributed by atoms with van der Waals surface area (Å²) in [6.45, 7) is 3.40. The minimum atomic E-state index is -0.142. The number of aliphatic hydroxyl groups excluding tert-OH is 1. The summed E-state index contributed by atoms with van der Waals surface area (Å²) in [6.07, 6.45) is 3.46. The van der Waals surface area contributed by atoms with Gasteiger partial charge in [0.05, 0.1) is 12.6 Å². The van der Waals surface area contributed by atoms with E-state index >= 15 is 0 Å². The molecule has 4 heteroatoms. The fraction of sp³-hybridized carbons (Fsp3) is 0.909. The molecule has 1 saturated heterocycles. The van der Waals surface area contributed by atoms with Crippen LogP contribution >= 0.6 is 0 Å². The largest absolute Gasteiger partial charge is 0.393 e. The summed E-state index contributed by atoms with van der Waals surface area (Å²) in [7, 11) is 0. The molecule has 2 aliphatic rings. The van der Waals surface area contributed by atoms with Gasteiger partial charge in [0.15, 0.2) is 0 Å². The minimum absolute atomic E-state index is 0.142. The summed E-state index contributed by atoms with van der Waals surface area (Å²) in [5.41, 5.74) is 0. The van der Waals surface area contributed by atoms with Crippen LogP contribution in [0.3, 0.4) is 0 Å². The SMILES string of the molecule is CC1CN(C2CCC(O)CC2)C(=O)CN1. The molecule has 4 nitrogen and oxygen atoms in total. The normalized spacial score (nSPS) is 38.1. The van der Waals surface area contributed by atoms with E-state index in [9.17, 15) is 9.90 Å². The molecule has 1 saturated carbocycles.